The van der Waals surface area contributed by atoms with Crippen LogP contribution in [0.15, 0.2) is 18.2 Å². The number of nitrogens with zero attached hydrogens (tertiary/aromatic N) is 3. The highest BCUT2D eigenvalue weighted by Gasteiger charge is 2.28. The molecule has 0 aliphatic carbocycles. The molecule has 1 atom stereocenters. The summed E-state index contributed by atoms with van der Waals surface area (Å²) in [5, 5.41) is 7.99. The summed E-state index contributed by atoms with van der Waals surface area (Å²) in [4.78, 5) is 16.3. The van der Waals surface area contributed by atoms with Crippen molar-refractivity contribution in [2.75, 3.05) is 19.8 Å². The van der Waals surface area contributed by atoms with Crippen molar-refractivity contribution in [2.45, 2.75) is 44.1 Å². The highest BCUT2D eigenvalue weighted by molar-refractivity contribution is 6.31. The van der Waals surface area contributed by atoms with Gasteiger partial charge in [-0.1, -0.05) is 17.7 Å². The zero-order valence-corrected chi connectivity index (χ0v) is 15.7. The van der Waals surface area contributed by atoms with E-state index in [-0.39, 0.29) is 30.1 Å². The summed E-state index contributed by atoms with van der Waals surface area (Å²) in [5.74, 6) is 1.57. The molecule has 0 saturated carbocycles. The Morgan fingerprint density at radius 1 is 1.26 bits per heavy atom. The topological polar surface area (TPSA) is 69.0 Å². The predicted molar refractivity (Wildman–Crippen MR) is 98.3 cm³/mol. The second-order valence-electron chi connectivity index (χ2n) is 7.11. The fourth-order valence-electron chi connectivity index (χ4n) is 3.71. The minimum absolute atomic E-state index is 0.0547. The van der Waals surface area contributed by atoms with E-state index in [1.165, 1.54) is 6.07 Å². The van der Waals surface area contributed by atoms with Crippen molar-refractivity contribution in [2.24, 2.45) is 0 Å². The van der Waals surface area contributed by atoms with Gasteiger partial charge in [-0.15, -0.1) is 0 Å². The van der Waals surface area contributed by atoms with E-state index in [0.29, 0.717) is 43.2 Å². The Balaban J connectivity index is 1.67. The molecule has 2 fully saturated rings. The smallest absolute Gasteiger partial charge is 0.220 e. The lowest BCUT2D eigenvalue weighted by atomic mass is 9.97. The minimum atomic E-state index is -0.353. The van der Waals surface area contributed by atoms with E-state index in [0.717, 1.165) is 24.5 Å². The molecule has 3 heterocycles. The molecule has 0 spiro atoms. The van der Waals surface area contributed by atoms with Crippen molar-refractivity contribution in [3.8, 4) is 0 Å². The number of carbonyl (C=O) groups excluding carboxylic acids is 1. The van der Waals surface area contributed by atoms with E-state index in [1.54, 1.807) is 16.8 Å². The highest BCUT2D eigenvalue weighted by atomic mass is 35.5. The van der Waals surface area contributed by atoms with Crippen LogP contribution in [0.1, 0.15) is 54.7 Å². The number of nitrogens with one attached hydrogen (secondary N) is 1. The molecule has 2 aromatic rings. The van der Waals surface area contributed by atoms with Crippen LogP contribution >= 0.6 is 11.6 Å². The average molecular weight is 393 g/mol. The number of amides is 1. The monoisotopic (exact) mass is 392 g/mol. The maximum absolute atomic E-state index is 14.3. The summed E-state index contributed by atoms with van der Waals surface area (Å²) in [5.41, 5.74) is 0.406. The molecule has 0 bridgehead atoms. The Morgan fingerprint density at radius 3 is 2.78 bits per heavy atom. The Labute approximate surface area is 162 Å². The molecule has 1 unspecified atom stereocenters. The van der Waals surface area contributed by atoms with Crippen molar-refractivity contribution < 1.29 is 13.9 Å². The van der Waals surface area contributed by atoms with Crippen LogP contribution in [-0.2, 0) is 16.1 Å². The van der Waals surface area contributed by atoms with Gasteiger partial charge in [-0.25, -0.2) is 14.1 Å². The first kappa shape index (κ1) is 18.4. The van der Waals surface area contributed by atoms with Gasteiger partial charge >= 0.3 is 0 Å². The molecule has 144 valence electrons. The van der Waals surface area contributed by atoms with E-state index < -0.39 is 0 Å². The van der Waals surface area contributed by atoms with E-state index in [1.807, 2.05) is 0 Å². The molecule has 2 aliphatic rings. The molecular formula is C19H22ClFN4O2. The SMILES string of the molecule is O=C1CCC(c2nc(C3CCOCC3)nn2Cc2c(F)cccc2Cl)CN1. The fourth-order valence-corrected chi connectivity index (χ4v) is 3.93. The summed E-state index contributed by atoms with van der Waals surface area (Å²) < 4.78 is 21.5. The molecular weight excluding hydrogens is 371 g/mol. The van der Waals surface area contributed by atoms with Gasteiger partial charge in [0, 0.05) is 48.6 Å². The quantitative estimate of drug-likeness (QED) is 0.868. The lowest BCUT2D eigenvalue weighted by Crippen LogP contribution is -2.35. The highest BCUT2D eigenvalue weighted by Crippen LogP contribution is 2.29. The van der Waals surface area contributed by atoms with E-state index >= 15 is 0 Å². The zero-order valence-electron chi connectivity index (χ0n) is 15.0. The normalized spacial score (nSPS) is 21.3. The third-order valence-electron chi connectivity index (χ3n) is 5.30. The first-order chi connectivity index (χ1) is 13.1. The van der Waals surface area contributed by atoms with Gasteiger partial charge < -0.3 is 10.1 Å². The minimum Gasteiger partial charge on any atom is -0.381 e. The lowest BCUT2D eigenvalue weighted by Gasteiger charge is -2.22. The first-order valence-corrected chi connectivity index (χ1v) is 9.71. The van der Waals surface area contributed by atoms with Crippen LogP contribution in [0.5, 0.6) is 0 Å². The number of hydrogen-bond acceptors (Lipinski definition) is 4. The predicted octanol–water partition coefficient (Wildman–Crippen LogP) is 3.01. The maximum Gasteiger partial charge on any atom is 0.220 e. The number of carbonyl (C=O) groups is 1. The van der Waals surface area contributed by atoms with Gasteiger partial charge in [-0.05, 0) is 31.4 Å². The second kappa shape index (κ2) is 7.94. The standard InChI is InChI=1S/C19H22ClFN4O2/c20-15-2-1-3-16(21)14(15)11-25-19(13-4-5-17(26)22-10-13)23-18(24-25)12-6-8-27-9-7-12/h1-3,12-13H,4-11H2,(H,22,26). The number of hydrogen-bond donors (Lipinski definition) is 1. The number of piperidine rings is 1. The molecule has 1 aromatic carbocycles. The van der Waals surface area contributed by atoms with Gasteiger partial charge in [-0.2, -0.15) is 5.10 Å². The van der Waals surface area contributed by atoms with Crippen molar-refractivity contribution in [3.63, 3.8) is 0 Å². The first-order valence-electron chi connectivity index (χ1n) is 9.34. The molecule has 27 heavy (non-hydrogen) atoms. The Kier molecular flexibility index (Phi) is 5.41. The number of halogens is 2. The summed E-state index contributed by atoms with van der Waals surface area (Å²) in [7, 11) is 0. The Morgan fingerprint density at radius 2 is 2.07 bits per heavy atom. The molecule has 1 aromatic heterocycles. The second-order valence-corrected chi connectivity index (χ2v) is 7.52. The van der Waals surface area contributed by atoms with Crippen LogP contribution in [0.25, 0.3) is 0 Å². The molecule has 2 aliphatic heterocycles. The summed E-state index contributed by atoms with van der Waals surface area (Å²) in [6.45, 7) is 2.15. The van der Waals surface area contributed by atoms with Crippen molar-refractivity contribution in [1.29, 1.82) is 0 Å². The maximum atomic E-state index is 14.3. The van der Waals surface area contributed by atoms with Gasteiger partial charge in [0.05, 0.1) is 6.54 Å². The van der Waals surface area contributed by atoms with E-state index in [2.05, 4.69) is 5.32 Å². The number of rotatable bonds is 4. The summed E-state index contributed by atoms with van der Waals surface area (Å²) >= 11 is 6.22. The Hall–Kier alpha value is -1.99. The molecule has 1 amide bonds. The van der Waals surface area contributed by atoms with Gasteiger partial charge in [0.25, 0.3) is 0 Å². The average Bonchev–Trinajstić information content (AvgIpc) is 3.10. The van der Waals surface area contributed by atoms with Crippen LogP contribution < -0.4 is 5.32 Å². The van der Waals surface area contributed by atoms with E-state index in [9.17, 15) is 9.18 Å². The summed E-state index contributed by atoms with van der Waals surface area (Å²) in [6.07, 6.45) is 2.93. The van der Waals surface area contributed by atoms with Gasteiger partial charge in [-0.3, -0.25) is 4.79 Å². The van der Waals surface area contributed by atoms with Crippen molar-refractivity contribution >= 4 is 17.5 Å². The van der Waals surface area contributed by atoms with Gasteiger partial charge in [0.15, 0.2) is 5.82 Å². The van der Waals surface area contributed by atoms with Gasteiger partial charge in [0.2, 0.25) is 5.91 Å². The largest absolute Gasteiger partial charge is 0.381 e. The lowest BCUT2D eigenvalue weighted by molar-refractivity contribution is -0.122. The van der Waals surface area contributed by atoms with Crippen LogP contribution in [-0.4, -0.2) is 40.4 Å². The molecule has 4 rings (SSSR count). The van der Waals surface area contributed by atoms with Crippen LogP contribution in [0.2, 0.25) is 5.02 Å². The van der Waals surface area contributed by atoms with Crippen molar-refractivity contribution in [3.05, 3.63) is 46.3 Å². The Bertz CT molecular complexity index is 805. The third kappa shape index (κ3) is 3.99. The molecule has 1 N–H and O–H groups in total. The third-order valence-corrected chi connectivity index (χ3v) is 5.66. The fraction of sp³-hybridized carbons (Fsp3) is 0.526. The van der Waals surface area contributed by atoms with Gasteiger partial charge in [0.1, 0.15) is 11.6 Å². The zero-order chi connectivity index (χ0) is 18.8. The molecule has 0 radical (unpaired) electrons. The van der Waals surface area contributed by atoms with Crippen LogP contribution in [0, 0.1) is 5.82 Å². The summed E-state index contributed by atoms with van der Waals surface area (Å²) in [6, 6.07) is 4.67. The van der Waals surface area contributed by atoms with Crippen molar-refractivity contribution in [1.82, 2.24) is 20.1 Å². The number of benzene rings is 1. The molecule has 6 nitrogen and oxygen atoms in total. The molecule has 8 heteroatoms. The van der Waals surface area contributed by atoms with Crippen LogP contribution in [0.4, 0.5) is 4.39 Å². The van der Waals surface area contributed by atoms with E-state index in [4.69, 9.17) is 26.4 Å². The number of ether oxygens (including phenoxy) is 1. The van der Waals surface area contributed by atoms with Crippen LogP contribution in [0.3, 0.4) is 0 Å². The molecule has 2 saturated heterocycles. The number of aromatic nitrogens is 3.